The Morgan fingerprint density at radius 1 is 1.35 bits per heavy atom. The number of rotatable bonds is 3. The lowest BCUT2D eigenvalue weighted by Crippen LogP contribution is -2.21. The zero-order valence-corrected chi connectivity index (χ0v) is 10.6. The Bertz CT molecular complexity index is 642. The second kappa shape index (κ2) is 5.12. The highest BCUT2D eigenvalue weighted by atomic mass is 19.4. The summed E-state index contributed by atoms with van der Waals surface area (Å²) in [6.45, 7) is 1.82. The van der Waals surface area contributed by atoms with Crippen molar-refractivity contribution < 1.29 is 13.2 Å². The molecule has 1 heterocycles. The van der Waals surface area contributed by atoms with Gasteiger partial charge in [-0.2, -0.15) is 18.3 Å². The normalized spacial score (nSPS) is 13.4. The molecule has 2 aromatic rings. The van der Waals surface area contributed by atoms with Crippen LogP contribution in [0.25, 0.3) is 5.69 Å². The smallest absolute Gasteiger partial charge is 0.321 e. The first-order valence-electron chi connectivity index (χ1n) is 5.95. The van der Waals surface area contributed by atoms with Gasteiger partial charge in [0.2, 0.25) is 0 Å². The minimum atomic E-state index is -4.41. The Balaban J connectivity index is 2.47. The highest BCUT2D eigenvalue weighted by Gasteiger charge is 2.30. The molecule has 108 valence electrons. The molecule has 1 atom stereocenters. The molecule has 0 saturated carbocycles. The maximum Gasteiger partial charge on any atom is 0.416 e. The quantitative estimate of drug-likeness (QED) is 0.906. The highest BCUT2D eigenvalue weighted by molar-refractivity contribution is 5.36. The number of H-pyrrole nitrogens is 1. The molecule has 2 rings (SSSR count). The number of nitrogens with two attached hydrogens (primary N) is 1. The van der Waals surface area contributed by atoms with E-state index < -0.39 is 23.5 Å². The number of benzene rings is 1. The van der Waals surface area contributed by atoms with Gasteiger partial charge in [-0.05, 0) is 30.7 Å². The lowest BCUT2D eigenvalue weighted by molar-refractivity contribution is -0.137. The van der Waals surface area contributed by atoms with Crippen LogP contribution in [0.1, 0.15) is 30.8 Å². The molecule has 0 aliphatic heterocycles. The van der Waals surface area contributed by atoms with Crippen LogP contribution in [0.2, 0.25) is 0 Å². The standard InChI is InChI=1S/C12H13F3N4O/c1-2-9(16)10-17-18-11(20)19(10)8-5-3-7(4-6-8)12(13,14)15/h3-6,9H,2,16H2,1H3,(H,18,20). The third-order valence-electron chi connectivity index (χ3n) is 2.92. The first kappa shape index (κ1) is 14.3. The Morgan fingerprint density at radius 2 is 1.95 bits per heavy atom. The molecule has 1 aromatic heterocycles. The number of aromatic amines is 1. The summed E-state index contributed by atoms with van der Waals surface area (Å²) >= 11 is 0. The zero-order chi connectivity index (χ0) is 14.9. The Kier molecular flexibility index (Phi) is 3.67. The van der Waals surface area contributed by atoms with Gasteiger partial charge in [-0.15, -0.1) is 0 Å². The van der Waals surface area contributed by atoms with Crippen molar-refractivity contribution in [3.63, 3.8) is 0 Å². The molecule has 1 unspecified atom stereocenters. The van der Waals surface area contributed by atoms with Crippen LogP contribution in [0.15, 0.2) is 29.1 Å². The largest absolute Gasteiger partial charge is 0.416 e. The van der Waals surface area contributed by atoms with Crippen molar-refractivity contribution in [1.82, 2.24) is 14.8 Å². The zero-order valence-electron chi connectivity index (χ0n) is 10.6. The number of aromatic nitrogens is 3. The first-order chi connectivity index (χ1) is 9.34. The van der Waals surface area contributed by atoms with E-state index in [9.17, 15) is 18.0 Å². The van der Waals surface area contributed by atoms with Gasteiger partial charge in [0, 0.05) is 0 Å². The third kappa shape index (κ3) is 2.60. The molecular weight excluding hydrogens is 273 g/mol. The molecule has 0 fully saturated rings. The van der Waals surface area contributed by atoms with Crippen LogP contribution in [-0.2, 0) is 6.18 Å². The van der Waals surface area contributed by atoms with E-state index in [-0.39, 0.29) is 11.5 Å². The molecule has 0 aliphatic carbocycles. The van der Waals surface area contributed by atoms with E-state index >= 15 is 0 Å². The maximum absolute atomic E-state index is 12.5. The van der Waals surface area contributed by atoms with E-state index in [1.54, 1.807) is 0 Å². The van der Waals surface area contributed by atoms with E-state index in [2.05, 4.69) is 10.2 Å². The van der Waals surface area contributed by atoms with Crippen LogP contribution in [0, 0.1) is 0 Å². The van der Waals surface area contributed by atoms with Crippen molar-refractivity contribution in [2.45, 2.75) is 25.6 Å². The molecule has 0 aliphatic rings. The second-order valence-corrected chi connectivity index (χ2v) is 4.28. The number of nitrogens with zero attached hydrogens (tertiary/aromatic N) is 2. The summed E-state index contributed by atoms with van der Waals surface area (Å²) in [5.74, 6) is 0.289. The Morgan fingerprint density at radius 3 is 2.45 bits per heavy atom. The van der Waals surface area contributed by atoms with E-state index in [1.165, 1.54) is 16.7 Å². The molecule has 8 heteroatoms. The summed E-state index contributed by atoms with van der Waals surface area (Å²) in [5.41, 5.74) is 4.79. The van der Waals surface area contributed by atoms with Gasteiger partial charge in [0.25, 0.3) is 0 Å². The number of hydrogen-bond acceptors (Lipinski definition) is 3. The molecule has 1 aromatic carbocycles. The Labute approximate surface area is 112 Å². The highest BCUT2D eigenvalue weighted by Crippen LogP contribution is 2.29. The SMILES string of the molecule is CCC(N)c1n[nH]c(=O)n1-c1ccc(C(F)(F)F)cc1. The second-order valence-electron chi connectivity index (χ2n) is 4.28. The number of nitrogens with one attached hydrogen (secondary N) is 1. The minimum Gasteiger partial charge on any atom is -0.321 e. The number of halogens is 3. The summed E-state index contributed by atoms with van der Waals surface area (Å²) in [6.07, 6.45) is -3.87. The third-order valence-corrected chi connectivity index (χ3v) is 2.92. The Hall–Kier alpha value is -2.09. The maximum atomic E-state index is 12.5. The van der Waals surface area contributed by atoms with Crippen molar-refractivity contribution >= 4 is 0 Å². The summed E-state index contributed by atoms with van der Waals surface area (Å²) < 4.78 is 38.7. The van der Waals surface area contributed by atoms with Gasteiger partial charge in [0.15, 0.2) is 5.82 Å². The summed E-state index contributed by atoms with van der Waals surface area (Å²) in [4.78, 5) is 11.7. The van der Waals surface area contributed by atoms with E-state index in [0.717, 1.165) is 12.1 Å². The topological polar surface area (TPSA) is 76.7 Å². The molecule has 0 spiro atoms. The van der Waals surface area contributed by atoms with E-state index in [0.29, 0.717) is 6.42 Å². The van der Waals surface area contributed by atoms with Crippen LogP contribution >= 0.6 is 0 Å². The van der Waals surface area contributed by atoms with Crippen molar-refractivity contribution in [3.8, 4) is 5.69 Å². The summed E-state index contributed by atoms with van der Waals surface area (Å²) in [6, 6.07) is 3.78. The van der Waals surface area contributed by atoms with Gasteiger partial charge in [-0.1, -0.05) is 6.92 Å². The van der Waals surface area contributed by atoms with Crippen molar-refractivity contribution in [2.75, 3.05) is 0 Å². The molecule has 3 N–H and O–H groups in total. The fourth-order valence-electron chi connectivity index (χ4n) is 1.79. The molecule has 20 heavy (non-hydrogen) atoms. The van der Waals surface area contributed by atoms with Gasteiger partial charge in [0.05, 0.1) is 17.3 Å². The molecule has 5 nitrogen and oxygen atoms in total. The molecule has 0 bridgehead atoms. The average Bonchev–Trinajstić information content (AvgIpc) is 2.79. The van der Waals surface area contributed by atoms with Crippen molar-refractivity contribution in [3.05, 3.63) is 46.1 Å². The summed E-state index contributed by atoms with van der Waals surface area (Å²) in [7, 11) is 0. The predicted octanol–water partition coefficient (Wildman–Crippen LogP) is 1.99. The van der Waals surface area contributed by atoms with Gasteiger partial charge in [-0.25, -0.2) is 14.5 Å². The van der Waals surface area contributed by atoms with Gasteiger partial charge >= 0.3 is 11.9 Å². The first-order valence-corrected chi connectivity index (χ1v) is 5.95. The van der Waals surface area contributed by atoms with Crippen LogP contribution in [0.5, 0.6) is 0 Å². The van der Waals surface area contributed by atoms with Crippen LogP contribution in [0.3, 0.4) is 0 Å². The van der Waals surface area contributed by atoms with Gasteiger partial charge in [-0.3, -0.25) is 0 Å². The van der Waals surface area contributed by atoms with Crippen LogP contribution in [0.4, 0.5) is 13.2 Å². The van der Waals surface area contributed by atoms with Crippen LogP contribution in [-0.4, -0.2) is 14.8 Å². The molecule has 0 saturated heterocycles. The van der Waals surface area contributed by atoms with Gasteiger partial charge < -0.3 is 5.73 Å². The monoisotopic (exact) mass is 286 g/mol. The van der Waals surface area contributed by atoms with Crippen molar-refractivity contribution in [2.24, 2.45) is 5.73 Å². The number of hydrogen-bond donors (Lipinski definition) is 2. The van der Waals surface area contributed by atoms with Gasteiger partial charge in [0.1, 0.15) is 0 Å². The molecule has 0 radical (unpaired) electrons. The van der Waals surface area contributed by atoms with E-state index in [1.807, 2.05) is 6.92 Å². The average molecular weight is 286 g/mol. The van der Waals surface area contributed by atoms with E-state index in [4.69, 9.17) is 5.73 Å². The lowest BCUT2D eigenvalue weighted by atomic mass is 10.2. The minimum absolute atomic E-state index is 0.288. The molecular formula is C12H13F3N4O. The lowest BCUT2D eigenvalue weighted by Gasteiger charge is -2.11. The number of alkyl halides is 3. The molecule has 0 amide bonds. The summed E-state index contributed by atoms with van der Waals surface area (Å²) in [5, 5.41) is 6.06. The fourth-order valence-corrected chi connectivity index (χ4v) is 1.79. The van der Waals surface area contributed by atoms with Crippen molar-refractivity contribution in [1.29, 1.82) is 0 Å². The van der Waals surface area contributed by atoms with Crippen LogP contribution < -0.4 is 11.4 Å². The predicted molar refractivity (Wildman–Crippen MR) is 66.4 cm³/mol. The fraction of sp³-hybridized carbons (Fsp3) is 0.333.